The molecule has 0 saturated heterocycles. The van der Waals surface area contributed by atoms with Crippen LogP contribution in [0.4, 0.5) is 17.1 Å². The van der Waals surface area contributed by atoms with Gasteiger partial charge in [-0.2, -0.15) is 0 Å². The number of anilines is 2. The van der Waals surface area contributed by atoms with Crippen molar-refractivity contribution in [1.82, 2.24) is 0 Å². The summed E-state index contributed by atoms with van der Waals surface area (Å²) in [6, 6.07) is 10.8. The van der Waals surface area contributed by atoms with E-state index in [0.717, 1.165) is 25.1 Å². The van der Waals surface area contributed by atoms with Crippen LogP contribution < -0.4 is 10.2 Å². The molecule has 0 aromatic heterocycles. The third kappa shape index (κ3) is 3.79. The highest BCUT2D eigenvalue weighted by molar-refractivity contribution is 5.95. The number of rotatable bonds is 4. The summed E-state index contributed by atoms with van der Waals surface area (Å²) in [6.45, 7) is 4.94. The zero-order valence-electron chi connectivity index (χ0n) is 14.4. The van der Waals surface area contributed by atoms with Gasteiger partial charge in [-0.05, 0) is 49.9 Å². The van der Waals surface area contributed by atoms with Crippen LogP contribution in [0.15, 0.2) is 36.4 Å². The predicted octanol–water partition coefficient (Wildman–Crippen LogP) is 3.60. The topological polar surface area (TPSA) is 75.5 Å². The minimum atomic E-state index is -0.439. The Kier molecular flexibility index (Phi) is 4.70. The second-order valence-electron chi connectivity index (χ2n) is 6.46. The molecule has 1 heterocycles. The normalized spacial score (nSPS) is 13.3. The molecule has 0 spiro atoms. The van der Waals surface area contributed by atoms with Crippen molar-refractivity contribution < 1.29 is 9.72 Å². The smallest absolute Gasteiger partial charge is 0.269 e. The largest absolute Gasteiger partial charge is 0.362 e. The summed E-state index contributed by atoms with van der Waals surface area (Å²) < 4.78 is 0. The predicted molar refractivity (Wildman–Crippen MR) is 98.2 cm³/mol. The number of non-ortho nitro benzene ring substituents is 1. The van der Waals surface area contributed by atoms with Crippen molar-refractivity contribution >= 4 is 23.0 Å². The minimum absolute atomic E-state index is 0.0239. The molecule has 1 aliphatic heterocycles. The first-order valence-electron chi connectivity index (χ1n) is 8.33. The number of carbonyl (C=O) groups is 1. The maximum atomic E-state index is 12.4. The minimum Gasteiger partial charge on any atom is -0.362 e. The lowest BCUT2D eigenvalue weighted by atomic mass is 9.99. The van der Waals surface area contributed by atoms with Crippen LogP contribution in [0.5, 0.6) is 0 Å². The van der Waals surface area contributed by atoms with E-state index >= 15 is 0 Å². The van der Waals surface area contributed by atoms with Gasteiger partial charge in [-0.1, -0.05) is 17.7 Å². The molecule has 1 N–H and O–H groups in total. The van der Waals surface area contributed by atoms with Crippen molar-refractivity contribution in [2.24, 2.45) is 0 Å². The second kappa shape index (κ2) is 6.93. The van der Waals surface area contributed by atoms with Gasteiger partial charge >= 0.3 is 0 Å². The van der Waals surface area contributed by atoms with E-state index in [4.69, 9.17) is 0 Å². The maximum absolute atomic E-state index is 12.4. The van der Waals surface area contributed by atoms with E-state index in [9.17, 15) is 14.9 Å². The highest BCUT2D eigenvalue weighted by Crippen LogP contribution is 2.28. The molecule has 0 bridgehead atoms. The highest BCUT2D eigenvalue weighted by Gasteiger charge is 2.19. The van der Waals surface area contributed by atoms with Crippen LogP contribution in [0, 0.1) is 24.0 Å². The Hall–Kier alpha value is -2.89. The van der Waals surface area contributed by atoms with Crippen molar-refractivity contribution in [2.75, 3.05) is 23.3 Å². The van der Waals surface area contributed by atoms with E-state index in [1.165, 1.54) is 23.3 Å². The number of fused-ring (bicyclic) bond motifs is 1. The van der Waals surface area contributed by atoms with Crippen LogP contribution in [0.2, 0.25) is 0 Å². The molecule has 1 aliphatic rings. The fourth-order valence-corrected chi connectivity index (χ4v) is 3.23. The van der Waals surface area contributed by atoms with Gasteiger partial charge in [0.25, 0.3) is 5.69 Å². The first-order valence-corrected chi connectivity index (χ1v) is 8.33. The van der Waals surface area contributed by atoms with Gasteiger partial charge in [-0.15, -0.1) is 0 Å². The van der Waals surface area contributed by atoms with Gasteiger partial charge in [0, 0.05) is 30.1 Å². The van der Waals surface area contributed by atoms with Crippen LogP contribution in [0.1, 0.15) is 23.1 Å². The Morgan fingerprint density at radius 3 is 2.76 bits per heavy atom. The molecule has 0 unspecified atom stereocenters. The Labute approximate surface area is 146 Å². The molecule has 1 amide bonds. The van der Waals surface area contributed by atoms with Gasteiger partial charge in [0.15, 0.2) is 0 Å². The molecule has 25 heavy (non-hydrogen) atoms. The van der Waals surface area contributed by atoms with Crippen LogP contribution >= 0.6 is 0 Å². The van der Waals surface area contributed by atoms with E-state index in [1.54, 1.807) is 13.0 Å². The van der Waals surface area contributed by atoms with Crippen LogP contribution in [-0.4, -0.2) is 23.9 Å². The number of carbonyl (C=O) groups excluding carboxylic acids is 1. The van der Waals surface area contributed by atoms with E-state index in [0.29, 0.717) is 11.3 Å². The van der Waals surface area contributed by atoms with Gasteiger partial charge in [0.05, 0.1) is 11.5 Å². The van der Waals surface area contributed by atoms with E-state index < -0.39 is 4.92 Å². The summed E-state index contributed by atoms with van der Waals surface area (Å²) in [7, 11) is 0. The first-order chi connectivity index (χ1) is 11.9. The molecule has 6 nitrogen and oxygen atoms in total. The number of hydrogen-bond acceptors (Lipinski definition) is 4. The van der Waals surface area contributed by atoms with Gasteiger partial charge < -0.3 is 10.2 Å². The average Bonchev–Trinajstić information content (AvgIpc) is 2.56. The molecule has 130 valence electrons. The number of amides is 1. The van der Waals surface area contributed by atoms with Gasteiger partial charge in [-0.25, -0.2) is 0 Å². The fourth-order valence-electron chi connectivity index (χ4n) is 3.23. The molecular formula is C19H21N3O3. The van der Waals surface area contributed by atoms with Crippen molar-refractivity contribution in [1.29, 1.82) is 0 Å². The van der Waals surface area contributed by atoms with Crippen molar-refractivity contribution in [3.05, 3.63) is 63.2 Å². The monoisotopic (exact) mass is 339 g/mol. The number of nitrogens with zero attached hydrogens (tertiary/aromatic N) is 2. The number of benzene rings is 2. The highest BCUT2D eigenvalue weighted by atomic mass is 16.6. The van der Waals surface area contributed by atoms with Gasteiger partial charge in [0.2, 0.25) is 5.91 Å². The van der Waals surface area contributed by atoms with E-state index in [1.807, 2.05) is 0 Å². The van der Waals surface area contributed by atoms with E-state index in [-0.39, 0.29) is 18.1 Å². The molecule has 0 fully saturated rings. The van der Waals surface area contributed by atoms with Crippen molar-refractivity contribution in [2.45, 2.75) is 26.7 Å². The molecule has 0 aliphatic carbocycles. The second-order valence-corrected chi connectivity index (χ2v) is 6.46. The third-order valence-electron chi connectivity index (χ3n) is 4.48. The lowest BCUT2D eigenvalue weighted by Crippen LogP contribution is -2.36. The summed E-state index contributed by atoms with van der Waals surface area (Å²) in [5.41, 5.74) is 4.94. The SMILES string of the molecule is Cc1ccc2c(c1)CCCN2CC(=O)Nc1ccc([N+](=O)[O-])cc1C. The van der Waals surface area contributed by atoms with Crippen molar-refractivity contribution in [3.63, 3.8) is 0 Å². The molecule has 0 saturated carbocycles. The number of aryl methyl sites for hydroxylation is 3. The molecule has 3 rings (SSSR count). The van der Waals surface area contributed by atoms with Crippen LogP contribution in [0.25, 0.3) is 0 Å². The average molecular weight is 339 g/mol. The standard InChI is InChI=1S/C19H21N3O3/c1-13-5-8-18-15(10-13)4-3-9-21(18)12-19(23)20-17-7-6-16(22(24)25)11-14(17)2/h5-8,10-11H,3-4,9,12H2,1-2H3,(H,20,23). The lowest BCUT2D eigenvalue weighted by Gasteiger charge is -2.31. The quantitative estimate of drug-likeness (QED) is 0.682. The Morgan fingerprint density at radius 2 is 2.04 bits per heavy atom. The summed E-state index contributed by atoms with van der Waals surface area (Å²) in [4.78, 5) is 24.9. The van der Waals surface area contributed by atoms with Gasteiger partial charge in [-0.3, -0.25) is 14.9 Å². The third-order valence-corrected chi connectivity index (χ3v) is 4.48. The number of hydrogen-bond donors (Lipinski definition) is 1. The fraction of sp³-hybridized carbons (Fsp3) is 0.316. The molecule has 6 heteroatoms. The lowest BCUT2D eigenvalue weighted by molar-refractivity contribution is -0.384. The Balaban J connectivity index is 1.71. The molecule has 0 radical (unpaired) electrons. The van der Waals surface area contributed by atoms with Crippen LogP contribution in [-0.2, 0) is 11.2 Å². The summed E-state index contributed by atoms with van der Waals surface area (Å²) in [5, 5.41) is 13.7. The zero-order chi connectivity index (χ0) is 18.0. The number of nitrogens with one attached hydrogen (secondary N) is 1. The maximum Gasteiger partial charge on any atom is 0.269 e. The Bertz CT molecular complexity index is 833. The van der Waals surface area contributed by atoms with Crippen molar-refractivity contribution in [3.8, 4) is 0 Å². The summed E-state index contributed by atoms with van der Waals surface area (Å²) in [5.74, 6) is -0.120. The first kappa shape index (κ1) is 17.0. The molecular weight excluding hydrogens is 318 g/mol. The molecule has 2 aromatic rings. The van der Waals surface area contributed by atoms with E-state index in [2.05, 4.69) is 35.3 Å². The summed E-state index contributed by atoms with van der Waals surface area (Å²) in [6.07, 6.45) is 2.07. The summed E-state index contributed by atoms with van der Waals surface area (Å²) >= 11 is 0. The van der Waals surface area contributed by atoms with Crippen LogP contribution in [0.3, 0.4) is 0 Å². The molecule has 2 aromatic carbocycles. The molecule has 0 atom stereocenters. The zero-order valence-corrected chi connectivity index (χ0v) is 14.4. The number of nitro benzene ring substituents is 1. The number of nitro groups is 1. The van der Waals surface area contributed by atoms with Gasteiger partial charge in [0.1, 0.15) is 0 Å². The Morgan fingerprint density at radius 1 is 1.24 bits per heavy atom.